The molecule has 1 aromatic heterocycles. The molecular formula is C11H12BrN3O2S. The molecule has 2 rings (SSSR count). The van der Waals surface area contributed by atoms with Gasteiger partial charge < -0.3 is 20.0 Å². The van der Waals surface area contributed by atoms with Crippen LogP contribution in [0.4, 0.5) is 0 Å². The van der Waals surface area contributed by atoms with Gasteiger partial charge in [0, 0.05) is 11.0 Å². The Kier molecular flexibility index (Phi) is 4.15. The van der Waals surface area contributed by atoms with E-state index >= 15 is 0 Å². The van der Waals surface area contributed by atoms with Gasteiger partial charge in [-0.25, -0.2) is 0 Å². The monoisotopic (exact) mass is 329 g/mol. The normalized spacial score (nSPS) is 10.9. The molecule has 1 heterocycles. The van der Waals surface area contributed by atoms with E-state index in [-0.39, 0.29) is 6.61 Å². The number of amides is 1. The van der Waals surface area contributed by atoms with Gasteiger partial charge >= 0.3 is 0 Å². The third-order valence-corrected chi connectivity index (χ3v) is 3.26. The number of aromatic amines is 1. The number of H-pyrrole nitrogens is 1. The van der Waals surface area contributed by atoms with Gasteiger partial charge in [-0.15, -0.1) is 0 Å². The van der Waals surface area contributed by atoms with Crippen LogP contribution in [0.2, 0.25) is 0 Å². The zero-order chi connectivity index (χ0) is 13.1. The standard InChI is InChI=1S/C11H12BrN3O2S/c12-7-1-2-9-8(5-7)14-11(18)15(9)3-4-17-6-10(13)16/h1-2,5H,3-4,6H2,(H2,13,16)(H,14,18). The molecule has 1 aromatic carbocycles. The summed E-state index contributed by atoms with van der Waals surface area (Å²) in [6.07, 6.45) is 0. The van der Waals surface area contributed by atoms with Crippen LogP contribution < -0.4 is 5.73 Å². The molecule has 0 aliphatic heterocycles. The van der Waals surface area contributed by atoms with Crippen LogP contribution in [0.25, 0.3) is 11.0 Å². The molecule has 0 saturated heterocycles. The van der Waals surface area contributed by atoms with Crippen LogP contribution in [0.1, 0.15) is 0 Å². The Bertz CT molecular complexity index is 635. The number of benzene rings is 1. The lowest BCUT2D eigenvalue weighted by molar-refractivity contribution is -0.122. The molecule has 0 radical (unpaired) electrons. The van der Waals surface area contributed by atoms with Crippen LogP contribution in [0.5, 0.6) is 0 Å². The summed E-state index contributed by atoms with van der Waals surface area (Å²) in [5, 5.41) is 0. The first-order chi connectivity index (χ1) is 8.58. The minimum Gasteiger partial charge on any atom is -0.370 e. The van der Waals surface area contributed by atoms with Crippen LogP contribution in [-0.4, -0.2) is 28.7 Å². The number of hydrogen-bond acceptors (Lipinski definition) is 3. The molecule has 0 aliphatic rings. The third kappa shape index (κ3) is 2.98. The highest BCUT2D eigenvalue weighted by molar-refractivity contribution is 9.10. The maximum absolute atomic E-state index is 10.5. The largest absolute Gasteiger partial charge is 0.370 e. The average molecular weight is 330 g/mol. The SMILES string of the molecule is NC(=O)COCCn1c(=S)[nH]c2cc(Br)ccc21. The molecule has 0 bridgehead atoms. The third-order valence-electron chi connectivity index (χ3n) is 2.44. The smallest absolute Gasteiger partial charge is 0.243 e. The minimum absolute atomic E-state index is 0.0682. The molecular weight excluding hydrogens is 318 g/mol. The van der Waals surface area contributed by atoms with Crippen LogP contribution in [0, 0.1) is 4.77 Å². The Hall–Kier alpha value is -1.18. The summed E-state index contributed by atoms with van der Waals surface area (Å²) in [7, 11) is 0. The van der Waals surface area contributed by atoms with E-state index < -0.39 is 5.91 Å². The highest BCUT2D eigenvalue weighted by Gasteiger charge is 2.04. The Labute approximate surface area is 117 Å². The number of rotatable bonds is 5. The number of carbonyl (C=O) groups is 1. The number of nitrogens with zero attached hydrogens (tertiary/aromatic N) is 1. The quantitative estimate of drug-likeness (QED) is 0.650. The number of hydrogen-bond donors (Lipinski definition) is 2. The molecule has 1 amide bonds. The van der Waals surface area contributed by atoms with Gasteiger partial charge in [0.1, 0.15) is 6.61 Å². The average Bonchev–Trinajstić information content (AvgIpc) is 2.59. The number of aromatic nitrogens is 2. The van der Waals surface area contributed by atoms with E-state index in [0.717, 1.165) is 15.5 Å². The highest BCUT2D eigenvalue weighted by Crippen LogP contribution is 2.19. The predicted octanol–water partition coefficient (Wildman–Crippen LogP) is 1.96. The van der Waals surface area contributed by atoms with Gasteiger partial charge in [0.2, 0.25) is 5.91 Å². The van der Waals surface area contributed by atoms with E-state index in [2.05, 4.69) is 20.9 Å². The fraction of sp³-hybridized carbons (Fsp3) is 0.273. The van der Waals surface area contributed by atoms with Crippen LogP contribution in [0.3, 0.4) is 0 Å². The summed E-state index contributed by atoms with van der Waals surface area (Å²) in [6.45, 7) is 0.898. The zero-order valence-corrected chi connectivity index (χ0v) is 11.9. The van der Waals surface area contributed by atoms with E-state index in [1.807, 2.05) is 22.8 Å². The fourth-order valence-corrected chi connectivity index (χ4v) is 2.35. The first-order valence-electron chi connectivity index (χ1n) is 5.32. The van der Waals surface area contributed by atoms with E-state index in [1.165, 1.54) is 0 Å². The molecule has 0 spiro atoms. The van der Waals surface area contributed by atoms with Crippen molar-refractivity contribution in [3.05, 3.63) is 27.4 Å². The lowest BCUT2D eigenvalue weighted by atomic mass is 10.3. The van der Waals surface area contributed by atoms with Gasteiger partial charge in [-0.1, -0.05) is 15.9 Å². The molecule has 0 saturated carbocycles. The van der Waals surface area contributed by atoms with Crippen molar-refractivity contribution in [2.75, 3.05) is 13.2 Å². The summed E-state index contributed by atoms with van der Waals surface area (Å²) in [5.74, 6) is -0.471. The number of carbonyl (C=O) groups excluding carboxylic acids is 1. The molecule has 0 fully saturated rings. The topological polar surface area (TPSA) is 73.0 Å². The number of nitrogens with two attached hydrogens (primary N) is 1. The van der Waals surface area contributed by atoms with Gasteiger partial charge in [0.25, 0.3) is 0 Å². The van der Waals surface area contributed by atoms with Crippen LogP contribution in [-0.2, 0) is 16.1 Å². The number of fused-ring (bicyclic) bond motifs is 1. The summed E-state index contributed by atoms with van der Waals surface area (Å²) < 4.78 is 8.68. The molecule has 3 N–H and O–H groups in total. The summed E-state index contributed by atoms with van der Waals surface area (Å²) in [4.78, 5) is 13.7. The van der Waals surface area contributed by atoms with E-state index in [9.17, 15) is 4.79 Å². The second-order valence-electron chi connectivity index (χ2n) is 3.76. The number of nitrogens with one attached hydrogen (secondary N) is 1. The van der Waals surface area contributed by atoms with Crippen LogP contribution in [0.15, 0.2) is 22.7 Å². The maximum atomic E-state index is 10.5. The minimum atomic E-state index is -0.471. The number of imidazole rings is 1. The Morgan fingerprint density at radius 3 is 3.06 bits per heavy atom. The van der Waals surface area contributed by atoms with E-state index in [4.69, 9.17) is 22.7 Å². The lowest BCUT2D eigenvalue weighted by Crippen LogP contribution is -2.19. The van der Waals surface area contributed by atoms with E-state index in [1.54, 1.807) is 0 Å². The molecule has 7 heteroatoms. The molecule has 2 aromatic rings. The second kappa shape index (κ2) is 5.64. The predicted molar refractivity (Wildman–Crippen MR) is 74.8 cm³/mol. The molecule has 96 valence electrons. The zero-order valence-electron chi connectivity index (χ0n) is 9.48. The molecule has 18 heavy (non-hydrogen) atoms. The van der Waals surface area contributed by atoms with Gasteiger partial charge in [-0.2, -0.15) is 0 Å². The maximum Gasteiger partial charge on any atom is 0.243 e. The molecule has 5 nitrogen and oxygen atoms in total. The van der Waals surface area contributed by atoms with Crippen molar-refractivity contribution in [3.8, 4) is 0 Å². The second-order valence-corrected chi connectivity index (χ2v) is 5.06. The van der Waals surface area contributed by atoms with Crippen molar-refractivity contribution in [3.63, 3.8) is 0 Å². The number of primary amides is 1. The van der Waals surface area contributed by atoms with Gasteiger partial charge in [0.05, 0.1) is 17.6 Å². The van der Waals surface area contributed by atoms with E-state index in [0.29, 0.717) is 17.9 Å². The van der Waals surface area contributed by atoms with Crippen molar-refractivity contribution < 1.29 is 9.53 Å². The van der Waals surface area contributed by atoms with Crippen molar-refractivity contribution in [1.82, 2.24) is 9.55 Å². The van der Waals surface area contributed by atoms with Gasteiger partial charge in [-0.05, 0) is 30.4 Å². The van der Waals surface area contributed by atoms with Gasteiger partial charge in [-0.3, -0.25) is 4.79 Å². The number of halogens is 1. The van der Waals surface area contributed by atoms with Crippen molar-refractivity contribution in [2.24, 2.45) is 5.73 Å². The molecule has 0 atom stereocenters. The molecule has 0 unspecified atom stereocenters. The lowest BCUT2D eigenvalue weighted by Gasteiger charge is -2.04. The van der Waals surface area contributed by atoms with Crippen molar-refractivity contribution in [1.29, 1.82) is 0 Å². The van der Waals surface area contributed by atoms with Crippen LogP contribution >= 0.6 is 28.1 Å². The Morgan fingerprint density at radius 2 is 2.33 bits per heavy atom. The summed E-state index contributed by atoms with van der Waals surface area (Å²) >= 11 is 8.65. The number of ether oxygens (including phenoxy) is 1. The summed E-state index contributed by atoms with van der Waals surface area (Å²) in [5.41, 5.74) is 6.95. The highest BCUT2D eigenvalue weighted by atomic mass is 79.9. The first kappa shape index (κ1) is 13.3. The summed E-state index contributed by atoms with van der Waals surface area (Å²) in [6, 6.07) is 5.89. The van der Waals surface area contributed by atoms with Crippen molar-refractivity contribution >= 4 is 45.1 Å². The van der Waals surface area contributed by atoms with Gasteiger partial charge in [0.15, 0.2) is 4.77 Å². The van der Waals surface area contributed by atoms with Crippen molar-refractivity contribution in [2.45, 2.75) is 6.54 Å². The first-order valence-corrected chi connectivity index (χ1v) is 6.52. The molecule has 0 aliphatic carbocycles. The Morgan fingerprint density at radius 1 is 1.56 bits per heavy atom. The fourth-order valence-electron chi connectivity index (χ4n) is 1.69. The Balaban J connectivity index is 2.15.